The lowest BCUT2D eigenvalue weighted by molar-refractivity contribution is -0.120. The fourth-order valence-electron chi connectivity index (χ4n) is 2.51. The van der Waals surface area contributed by atoms with Crippen LogP contribution in [0.1, 0.15) is 22.3 Å². The minimum absolute atomic E-state index is 0.130. The van der Waals surface area contributed by atoms with Gasteiger partial charge in [-0.15, -0.1) is 0 Å². The van der Waals surface area contributed by atoms with Crippen molar-refractivity contribution in [3.8, 4) is 0 Å². The fraction of sp³-hybridized carbons (Fsp3) is 0.300. The van der Waals surface area contributed by atoms with Crippen LogP contribution in [0.5, 0.6) is 0 Å². The third-order valence-corrected chi connectivity index (χ3v) is 3.83. The summed E-state index contributed by atoms with van der Waals surface area (Å²) in [6.45, 7) is 2.12. The second kappa shape index (κ2) is 10.3. The molecule has 2 aromatic rings. The largest absolute Gasteiger partial charge is 0.355 e. The van der Waals surface area contributed by atoms with Gasteiger partial charge >= 0.3 is 0 Å². The molecule has 2 amide bonds. The lowest BCUT2D eigenvalue weighted by atomic mass is 10.2. The van der Waals surface area contributed by atoms with Gasteiger partial charge in [0.05, 0.1) is 6.54 Å². The van der Waals surface area contributed by atoms with Crippen molar-refractivity contribution in [3.63, 3.8) is 0 Å². The predicted octanol–water partition coefficient (Wildman–Crippen LogP) is 2.19. The Kier molecular flexibility index (Phi) is 7.76. The highest BCUT2D eigenvalue weighted by Gasteiger charge is 2.08. The van der Waals surface area contributed by atoms with Gasteiger partial charge in [0.1, 0.15) is 5.82 Å². The molecular formula is C20H24FN3O2. The van der Waals surface area contributed by atoms with Crippen molar-refractivity contribution in [2.75, 3.05) is 26.7 Å². The fourth-order valence-corrected chi connectivity index (χ4v) is 2.51. The molecule has 0 bridgehead atoms. The first-order valence-electron chi connectivity index (χ1n) is 8.57. The van der Waals surface area contributed by atoms with E-state index in [0.717, 1.165) is 25.6 Å². The van der Waals surface area contributed by atoms with Crippen LogP contribution in [0, 0.1) is 5.82 Å². The average Bonchev–Trinajstić information content (AvgIpc) is 2.64. The van der Waals surface area contributed by atoms with Gasteiger partial charge in [0, 0.05) is 18.7 Å². The molecule has 2 N–H and O–H groups in total. The van der Waals surface area contributed by atoms with Crippen LogP contribution >= 0.6 is 0 Å². The Morgan fingerprint density at radius 3 is 2.54 bits per heavy atom. The minimum atomic E-state index is -0.485. The van der Waals surface area contributed by atoms with Gasteiger partial charge < -0.3 is 15.5 Å². The normalized spacial score (nSPS) is 10.6. The maximum atomic E-state index is 13.1. The Bertz CT molecular complexity index is 722. The molecule has 0 fully saturated rings. The van der Waals surface area contributed by atoms with Gasteiger partial charge in [-0.3, -0.25) is 9.59 Å². The van der Waals surface area contributed by atoms with E-state index in [1.54, 1.807) is 0 Å². The van der Waals surface area contributed by atoms with Crippen LogP contribution in [0.3, 0.4) is 0 Å². The van der Waals surface area contributed by atoms with Crippen molar-refractivity contribution in [1.29, 1.82) is 0 Å². The Morgan fingerprint density at radius 1 is 1.04 bits per heavy atom. The molecule has 0 aromatic heterocycles. The van der Waals surface area contributed by atoms with Crippen molar-refractivity contribution >= 4 is 11.8 Å². The Balaban J connectivity index is 1.59. The predicted molar refractivity (Wildman–Crippen MR) is 99.1 cm³/mol. The number of carbonyl (C=O) groups is 2. The van der Waals surface area contributed by atoms with Crippen molar-refractivity contribution < 1.29 is 14.0 Å². The third kappa shape index (κ3) is 7.03. The van der Waals surface area contributed by atoms with Crippen molar-refractivity contribution in [1.82, 2.24) is 15.5 Å². The summed E-state index contributed by atoms with van der Waals surface area (Å²) >= 11 is 0. The lowest BCUT2D eigenvalue weighted by Crippen LogP contribution is -2.37. The van der Waals surface area contributed by atoms with E-state index >= 15 is 0 Å². The molecular weight excluding hydrogens is 333 g/mol. The molecule has 0 aliphatic carbocycles. The van der Waals surface area contributed by atoms with E-state index in [9.17, 15) is 14.0 Å². The molecule has 0 saturated carbocycles. The van der Waals surface area contributed by atoms with Gasteiger partial charge in [0.2, 0.25) is 5.91 Å². The highest BCUT2D eigenvalue weighted by molar-refractivity contribution is 5.96. The third-order valence-electron chi connectivity index (χ3n) is 3.83. The van der Waals surface area contributed by atoms with E-state index < -0.39 is 11.7 Å². The Hall–Kier alpha value is -2.73. The van der Waals surface area contributed by atoms with Crippen LogP contribution in [-0.2, 0) is 11.3 Å². The van der Waals surface area contributed by atoms with E-state index in [4.69, 9.17) is 0 Å². The van der Waals surface area contributed by atoms with Crippen molar-refractivity contribution in [3.05, 3.63) is 71.5 Å². The molecule has 2 rings (SSSR count). The lowest BCUT2D eigenvalue weighted by Gasteiger charge is -2.16. The minimum Gasteiger partial charge on any atom is -0.355 e. The monoisotopic (exact) mass is 357 g/mol. The summed E-state index contributed by atoms with van der Waals surface area (Å²) < 4.78 is 13.1. The summed E-state index contributed by atoms with van der Waals surface area (Å²) in [7, 11) is 2.04. The van der Waals surface area contributed by atoms with Crippen LogP contribution in [0.25, 0.3) is 0 Å². The van der Waals surface area contributed by atoms with Gasteiger partial charge in [-0.2, -0.15) is 0 Å². The standard InChI is InChI=1S/C20H24FN3O2/c1-24(15-16-7-3-2-4-8-16)12-6-11-22-19(25)14-23-20(26)17-9-5-10-18(21)13-17/h2-5,7-10,13H,6,11-12,14-15H2,1H3,(H,22,25)(H,23,26). The molecule has 0 aliphatic heterocycles. The topological polar surface area (TPSA) is 61.4 Å². The smallest absolute Gasteiger partial charge is 0.251 e. The average molecular weight is 357 g/mol. The number of hydrogen-bond acceptors (Lipinski definition) is 3. The molecule has 2 aromatic carbocycles. The van der Waals surface area contributed by atoms with Crippen LogP contribution in [-0.4, -0.2) is 43.4 Å². The summed E-state index contributed by atoms with van der Waals surface area (Å²) in [5, 5.41) is 5.25. The van der Waals surface area contributed by atoms with Gasteiger partial charge in [0.25, 0.3) is 5.91 Å². The molecule has 5 nitrogen and oxygen atoms in total. The van der Waals surface area contributed by atoms with E-state index in [0.29, 0.717) is 6.54 Å². The number of nitrogens with one attached hydrogen (secondary N) is 2. The summed E-state index contributed by atoms with van der Waals surface area (Å²) in [5.74, 6) is -1.22. The zero-order valence-corrected chi connectivity index (χ0v) is 14.9. The van der Waals surface area contributed by atoms with Crippen LogP contribution in [0.4, 0.5) is 4.39 Å². The van der Waals surface area contributed by atoms with Crippen LogP contribution in [0.2, 0.25) is 0 Å². The summed E-state index contributed by atoms with van der Waals surface area (Å²) in [4.78, 5) is 25.8. The molecule has 0 radical (unpaired) electrons. The van der Waals surface area contributed by atoms with Crippen LogP contribution in [0.15, 0.2) is 54.6 Å². The van der Waals surface area contributed by atoms with Gasteiger partial charge in [0.15, 0.2) is 0 Å². The van der Waals surface area contributed by atoms with Crippen molar-refractivity contribution in [2.24, 2.45) is 0 Å². The highest BCUT2D eigenvalue weighted by Crippen LogP contribution is 2.03. The first-order valence-corrected chi connectivity index (χ1v) is 8.57. The molecule has 0 heterocycles. The first-order chi connectivity index (χ1) is 12.5. The summed E-state index contributed by atoms with van der Waals surface area (Å²) in [6, 6.07) is 15.5. The maximum absolute atomic E-state index is 13.1. The molecule has 0 unspecified atom stereocenters. The van der Waals surface area contributed by atoms with Gasteiger partial charge in [-0.25, -0.2) is 4.39 Å². The molecule has 0 aliphatic rings. The molecule has 0 saturated heterocycles. The molecule has 26 heavy (non-hydrogen) atoms. The Morgan fingerprint density at radius 2 is 1.81 bits per heavy atom. The summed E-state index contributed by atoms with van der Waals surface area (Å²) in [5.41, 5.74) is 1.44. The van der Waals surface area contributed by atoms with Gasteiger partial charge in [-0.05, 0) is 43.8 Å². The second-order valence-corrected chi connectivity index (χ2v) is 6.12. The molecule has 0 spiro atoms. The Labute approximate surface area is 153 Å². The molecule has 6 heteroatoms. The number of rotatable bonds is 9. The molecule has 138 valence electrons. The van der Waals surface area contributed by atoms with Gasteiger partial charge in [-0.1, -0.05) is 36.4 Å². The van der Waals surface area contributed by atoms with Crippen molar-refractivity contribution in [2.45, 2.75) is 13.0 Å². The number of nitrogens with zero attached hydrogens (tertiary/aromatic N) is 1. The van der Waals surface area contributed by atoms with Crippen LogP contribution < -0.4 is 10.6 Å². The number of halogens is 1. The maximum Gasteiger partial charge on any atom is 0.251 e. The second-order valence-electron chi connectivity index (χ2n) is 6.12. The summed E-state index contributed by atoms with van der Waals surface area (Å²) in [6.07, 6.45) is 0.812. The number of hydrogen-bond donors (Lipinski definition) is 2. The van der Waals surface area contributed by atoms with E-state index in [2.05, 4.69) is 27.7 Å². The SMILES string of the molecule is CN(CCCNC(=O)CNC(=O)c1cccc(F)c1)Cc1ccccc1. The zero-order chi connectivity index (χ0) is 18.8. The van der Waals surface area contributed by atoms with E-state index in [-0.39, 0.29) is 18.0 Å². The number of amides is 2. The molecule has 0 atom stereocenters. The quantitative estimate of drug-likeness (QED) is 0.677. The van der Waals surface area contributed by atoms with E-state index in [1.165, 1.54) is 23.8 Å². The zero-order valence-electron chi connectivity index (χ0n) is 14.9. The highest BCUT2D eigenvalue weighted by atomic mass is 19.1. The van der Waals surface area contributed by atoms with E-state index in [1.807, 2.05) is 25.2 Å². The number of benzene rings is 2. The first kappa shape index (κ1) is 19.6. The number of carbonyl (C=O) groups excluding carboxylic acids is 2.